The second kappa shape index (κ2) is 9.29. The molecule has 5 aromatic carbocycles. The van der Waals surface area contributed by atoms with Crippen LogP contribution in [0.2, 0.25) is 5.02 Å². The molecule has 7 aromatic rings. The molecule has 0 aliphatic heterocycles. The number of hydrogen-bond donors (Lipinski definition) is 0. The first-order chi connectivity index (χ1) is 18.7. The SMILES string of the molecule is Clc1ccc(-c2ccc(-c3nc4c(-c5ccccc5)cc(-c5ccccc5)cn4n3)cc2)c2ccccc12. The van der Waals surface area contributed by atoms with E-state index in [0.717, 1.165) is 60.4 Å². The molecule has 0 unspecified atom stereocenters. The maximum Gasteiger partial charge on any atom is 0.182 e. The summed E-state index contributed by atoms with van der Waals surface area (Å²) in [5, 5.41) is 7.86. The first-order valence-corrected chi connectivity index (χ1v) is 12.9. The molecule has 0 fully saturated rings. The van der Waals surface area contributed by atoms with Crippen molar-refractivity contribution in [2.24, 2.45) is 0 Å². The normalized spacial score (nSPS) is 11.3. The van der Waals surface area contributed by atoms with Gasteiger partial charge in [-0.25, -0.2) is 9.50 Å². The number of pyridine rings is 1. The molecule has 7 rings (SSSR count). The van der Waals surface area contributed by atoms with Crippen molar-refractivity contribution < 1.29 is 0 Å². The lowest BCUT2D eigenvalue weighted by atomic mass is 9.97. The van der Waals surface area contributed by atoms with E-state index in [1.807, 2.05) is 34.8 Å². The Bertz CT molecular complexity index is 1910. The van der Waals surface area contributed by atoms with Gasteiger partial charge in [-0.3, -0.25) is 0 Å². The van der Waals surface area contributed by atoms with Crippen LogP contribution in [0.15, 0.2) is 134 Å². The highest BCUT2D eigenvalue weighted by Gasteiger charge is 2.15. The Labute approximate surface area is 225 Å². The summed E-state index contributed by atoms with van der Waals surface area (Å²) >= 11 is 6.45. The van der Waals surface area contributed by atoms with Gasteiger partial charge in [0.2, 0.25) is 0 Å². The second-order valence-corrected chi connectivity index (χ2v) is 9.70. The van der Waals surface area contributed by atoms with E-state index in [-0.39, 0.29) is 0 Å². The third-order valence-electron chi connectivity index (χ3n) is 6.95. The van der Waals surface area contributed by atoms with Crippen LogP contribution in [0.4, 0.5) is 0 Å². The van der Waals surface area contributed by atoms with Crippen molar-refractivity contribution in [3.8, 4) is 44.8 Å². The molecule has 3 nitrogen and oxygen atoms in total. The average Bonchev–Trinajstić information content (AvgIpc) is 3.42. The lowest BCUT2D eigenvalue weighted by Gasteiger charge is -2.09. The van der Waals surface area contributed by atoms with E-state index in [2.05, 4.69) is 103 Å². The number of fused-ring (bicyclic) bond motifs is 2. The fraction of sp³-hybridized carbons (Fsp3) is 0. The van der Waals surface area contributed by atoms with Gasteiger partial charge in [-0.2, -0.15) is 0 Å². The highest BCUT2D eigenvalue weighted by atomic mass is 35.5. The molecule has 0 N–H and O–H groups in total. The number of nitrogens with zero attached hydrogens (tertiary/aromatic N) is 3. The Hall–Kier alpha value is -4.73. The average molecular weight is 508 g/mol. The van der Waals surface area contributed by atoms with Crippen molar-refractivity contribution in [3.63, 3.8) is 0 Å². The zero-order chi connectivity index (χ0) is 25.5. The van der Waals surface area contributed by atoms with E-state index >= 15 is 0 Å². The van der Waals surface area contributed by atoms with E-state index in [4.69, 9.17) is 21.7 Å². The van der Waals surface area contributed by atoms with Gasteiger partial charge in [-0.05, 0) is 39.8 Å². The zero-order valence-electron chi connectivity index (χ0n) is 20.4. The third kappa shape index (κ3) is 3.94. The van der Waals surface area contributed by atoms with Crippen LogP contribution in [0.25, 0.3) is 61.2 Å². The largest absolute Gasteiger partial charge is 0.219 e. The van der Waals surface area contributed by atoms with Gasteiger partial charge in [-0.15, -0.1) is 5.10 Å². The van der Waals surface area contributed by atoms with Crippen molar-refractivity contribution in [3.05, 3.63) is 139 Å². The Balaban J connectivity index is 1.34. The Kier molecular flexibility index (Phi) is 5.49. The quantitative estimate of drug-likeness (QED) is 0.237. The van der Waals surface area contributed by atoms with Gasteiger partial charge in [-0.1, -0.05) is 127 Å². The maximum absolute atomic E-state index is 6.45. The molecule has 0 aliphatic rings. The second-order valence-electron chi connectivity index (χ2n) is 9.30. The van der Waals surface area contributed by atoms with Crippen LogP contribution in [0, 0.1) is 0 Å². The summed E-state index contributed by atoms with van der Waals surface area (Å²) in [5.41, 5.74) is 8.48. The highest BCUT2D eigenvalue weighted by molar-refractivity contribution is 6.36. The first kappa shape index (κ1) is 22.5. The van der Waals surface area contributed by atoms with Crippen molar-refractivity contribution in [2.45, 2.75) is 0 Å². The number of benzene rings is 5. The third-order valence-corrected chi connectivity index (χ3v) is 7.28. The lowest BCUT2D eigenvalue weighted by molar-refractivity contribution is 0.968. The van der Waals surface area contributed by atoms with Crippen LogP contribution >= 0.6 is 11.6 Å². The molecular formula is C34H22ClN3. The lowest BCUT2D eigenvalue weighted by Crippen LogP contribution is -1.93. The number of halogens is 1. The molecule has 38 heavy (non-hydrogen) atoms. The van der Waals surface area contributed by atoms with Crippen molar-refractivity contribution in [2.75, 3.05) is 0 Å². The predicted octanol–water partition coefficient (Wildman–Crippen LogP) is 9.20. The molecule has 2 heterocycles. The number of hydrogen-bond acceptors (Lipinski definition) is 2. The predicted molar refractivity (Wildman–Crippen MR) is 157 cm³/mol. The van der Waals surface area contributed by atoms with Crippen LogP contribution < -0.4 is 0 Å². The van der Waals surface area contributed by atoms with Gasteiger partial charge in [0, 0.05) is 33.3 Å². The monoisotopic (exact) mass is 507 g/mol. The van der Waals surface area contributed by atoms with E-state index < -0.39 is 0 Å². The fourth-order valence-electron chi connectivity index (χ4n) is 5.04. The molecule has 180 valence electrons. The van der Waals surface area contributed by atoms with Crippen molar-refractivity contribution in [1.29, 1.82) is 0 Å². The van der Waals surface area contributed by atoms with Gasteiger partial charge in [0.1, 0.15) is 0 Å². The number of aromatic nitrogens is 3. The molecule has 0 bridgehead atoms. The summed E-state index contributed by atoms with van der Waals surface area (Å²) in [6, 6.07) is 43.7. The summed E-state index contributed by atoms with van der Waals surface area (Å²) in [7, 11) is 0. The summed E-state index contributed by atoms with van der Waals surface area (Å²) in [6.45, 7) is 0. The molecule has 0 saturated carbocycles. The van der Waals surface area contributed by atoms with Crippen molar-refractivity contribution in [1.82, 2.24) is 14.6 Å². The minimum absolute atomic E-state index is 0.694. The Morgan fingerprint density at radius 2 is 1.11 bits per heavy atom. The van der Waals surface area contributed by atoms with Gasteiger partial charge in [0.15, 0.2) is 11.5 Å². The maximum atomic E-state index is 6.45. The molecule has 0 radical (unpaired) electrons. The van der Waals surface area contributed by atoms with Crippen LogP contribution in [0.3, 0.4) is 0 Å². The molecule has 0 atom stereocenters. The van der Waals surface area contributed by atoms with E-state index in [1.165, 1.54) is 0 Å². The fourth-order valence-corrected chi connectivity index (χ4v) is 5.27. The highest BCUT2D eigenvalue weighted by Crippen LogP contribution is 2.35. The van der Waals surface area contributed by atoms with Gasteiger partial charge in [0.05, 0.1) is 0 Å². The minimum Gasteiger partial charge on any atom is -0.219 e. The molecule has 0 spiro atoms. The topological polar surface area (TPSA) is 30.2 Å². The van der Waals surface area contributed by atoms with E-state index in [0.29, 0.717) is 5.82 Å². The zero-order valence-corrected chi connectivity index (χ0v) is 21.2. The van der Waals surface area contributed by atoms with Crippen LogP contribution in [0.1, 0.15) is 0 Å². The van der Waals surface area contributed by atoms with Crippen LogP contribution in [-0.4, -0.2) is 14.6 Å². The van der Waals surface area contributed by atoms with E-state index in [1.54, 1.807) is 0 Å². The molecular weight excluding hydrogens is 486 g/mol. The number of rotatable bonds is 4. The smallest absolute Gasteiger partial charge is 0.182 e. The Morgan fingerprint density at radius 3 is 1.84 bits per heavy atom. The van der Waals surface area contributed by atoms with Gasteiger partial charge >= 0.3 is 0 Å². The van der Waals surface area contributed by atoms with Gasteiger partial charge in [0.25, 0.3) is 0 Å². The molecule has 0 aliphatic carbocycles. The van der Waals surface area contributed by atoms with Crippen LogP contribution in [0.5, 0.6) is 0 Å². The molecule has 0 amide bonds. The van der Waals surface area contributed by atoms with Crippen molar-refractivity contribution >= 4 is 28.0 Å². The van der Waals surface area contributed by atoms with Gasteiger partial charge < -0.3 is 0 Å². The first-order valence-electron chi connectivity index (χ1n) is 12.5. The molecule has 0 saturated heterocycles. The van der Waals surface area contributed by atoms with Crippen LogP contribution in [-0.2, 0) is 0 Å². The summed E-state index contributed by atoms with van der Waals surface area (Å²) in [5.74, 6) is 0.694. The molecule has 4 heteroatoms. The minimum atomic E-state index is 0.694. The summed E-state index contributed by atoms with van der Waals surface area (Å²) in [6.07, 6.45) is 2.06. The standard InChI is InChI=1S/C34H22ClN3/c35-32-20-19-28(29-13-7-8-14-30(29)32)25-15-17-26(18-16-25)33-36-34-31(24-11-5-2-6-12-24)21-27(22-38(34)37-33)23-9-3-1-4-10-23/h1-22H. The summed E-state index contributed by atoms with van der Waals surface area (Å²) < 4.78 is 1.90. The summed E-state index contributed by atoms with van der Waals surface area (Å²) in [4.78, 5) is 4.99. The van der Waals surface area contributed by atoms with E-state index in [9.17, 15) is 0 Å². The molecule has 2 aromatic heterocycles. The Morgan fingerprint density at radius 1 is 0.500 bits per heavy atom.